The monoisotopic (exact) mass is 290 g/mol. The van der Waals surface area contributed by atoms with Crippen LogP contribution in [-0.2, 0) is 14.9 Å². The number of ether oxygens (including phenoxy) is 1. The number of hydrogen-bond donors (Lipinski definition) is 1. The van der Waals surface area contributed by atoms with Crippen LogP contribution >= 0.6 is 27.3 Å². The zero-order valence-corrected chi connectivity index (χ0v) is 10.4. The van der Waals surface area contributed by atoms with E-state index in [0.29, 0.717) is 19.6 Å². The normalized spacial score (nSPS) is 18.5. The molecule has 0 radical (unpaired) electrons. The van der Waals surface area contributed by atoms with Crippen molar-refractivity contribution in [2.45, 2.75) is 18.3 Å². The van der Waals surface area contributed by atoms with Crippen LogP contribution in [0.3, 0.4) is 0 Å². The Morgan fingerprint density at radius 3 is 2.73 bits per heavy atom. The first-order valence-electron chi connectivity index (χ1n) is 4.68. The molecule has 0 bridgehead atoms. The van der Waals surface area contributed by atoms with Crippen LogP contribution in [0.2, 0.25) is 0 Å². The van der Waals surface area contributed by atoms with Gasteiger partial charge in [-0.15, -0.1) is 11.3 Å². The summed E-state index contributed by atoms with van der Waals surface area (Å²) >= 11 is 5.09. The Balaban J connectivity index is 2.11. The van der Waals surface area contributed by atoms with Gasteiger partial charge in [-0.2, -0.15) is 0 Å². The van der Waals surface area contributed by atoms with Crippen molar-refractivity contribution < 1.29 is 14.6 Å². The highest BCUT2D eigenvalue weighted by molar-refractivity contribution is 9.11. The molecule has 1 N–H and O–H groups in total. The fourth-order valence-corrected chi connectivity index (χ4v) is 3.28. The number of carboxylic acid groups (broad SMARTS) is 1. The summed E-state index contributed by atoms with van der Waals surface area (Å²) in [6.45, 7) is 1.29. The van der Waals surface area contributed by atoms with Gasteiger partial charge < -0.3 is 9.84 Å². The molecule has 0 atom stereocenters. The van der Waals surface area contributed by atoms with Gasteiger partial charge in [-0.05, 0) is 34.5 Å². The van der Waals surface area contributed by atoms with Crippen LogP contribution in [0.25, 0.3) is 0 Å². The molecule has 15 heavy (non-hydrogen) atoms. The SMILES string of the molecule is O=C(O)CCC1(c2ccc(Br)s2)COC1. The van der Waals surface area contributed by atoms with Crippen LogP contribution < -0.4 is 0 Å². The van der Waals surface area contributed by atoms with Gasteiger partial charge in [-0.25, -0.2) is 0 Å². The molecule has 1 aromatic heterocycles. The smallest absolute Gasteiger partial charge is 0.303 e. The number of aliphatic carboxylic acids is 1. The molecule has 1 fully saturated rings. The molecule has 2 heterocycles. The highest BCUT2D eigenvalue weighted by Crippen LogP contribution is 2.41. The molecule has 0 saturated carbocycles. The fourth-order valence-electron chi connectivity index (χ4n) is 1.70. The third-order valence-electron chi connectivity index (χ3n) is 2.67. The van der Waals surface area contributed by atoms with Gasteiger partial charge in [-0.3, -0.25) is 4.79 Å². The van der Waals surface area contributed by atoms with E-state index in [0.717, 1.165) is 3.79 Å². The zero-order valence-electron chi connectivity index (χ0n) is 8.03. The summed E-state index contributed by atoms with van der Waals surface area (Å²) in [5.74, 6) is -0.739. The van der Waals surface area contributed by atoms with Crippen LogP contribution in [0.1, 0.15) is 17.7 Å². The highest BCUT2D eigenvalue weighted by atomic mass is 79.9. The predicted molar refractivity (Wildman–Crippen MR) is 61.4 cm³/mol. The van der Waals surface area contributed by atoms with Crippen LogP contribution in [-0.4, -0.2) is 24.3 Å². The van der Waals surface area contributed by atoms with Crippen LogP contribution in [0, 0.1) is 0 Å². The number of halogens is 1. The Bertz CT molecular complexity index is 370. The van der Waals surface area contributed by atoms with E-state index in [9.17, 15) is 4.79 Å². The Kier molecular flexibility index (Phi) is 3.13. The first-order valence-corrected chi connectivity index (χ1v) is 6.29. The number of hydrogen-bond acceptors (Lipinski definition) is 3. The highest BCUT2D eigenvalue weighted by Gasteiger charge is 2.41. The molecule has 1 saturated heterocycles. The predicted octanol–water partition coefficient (Wildman–Crippen LogP) is 2.64. The zero-order chi connectivity index (χ0) is 10.9. The van der Waals surface area contributed by atoms with Gasteiger partial charge in [0.2, 0.25) is 0 Å². The first-order chi connectivity index (χ1) is 7.12. The van der Waals surface area contributed by atoms with Gasteiger partial charge in [0.15, 0.2) is 0 Å². The molecule has 82 valence electrons. The standard InChI is InChI=1S/C10H11BrO3S/c11-8-2-1-7(15-8)10(5-14-6-10)4-3-9(12)13/h1-2H,3-6H2,(H,12,13). The van der Waals surface area contributed by atoms with Crippen molar-refractivity contribution >= 4 is 33.2 Å². The molecule has 0 aliphatic carbocycles. The molecule has 0 aromatic carbocycles. The van der Waals surface area contributed by atoms with Crippen molar-refractivity contribution in [2.24, 2.45) is 0 Å². The van der Waals surface area contributed by atoms with Gasteiger partial charge >= 0.3 is 5.97 Å². The van der Waals surface area contributed by atoms with Crippen LogP contribution in [0.15, 0.2) is 15.9 Å². The maximum absolute atomic E-state index is 10.6. The van der Waals surface area contributed by atoms with E-state index in [4.69, 9.17) is 9.84 Å². The molecule has 5 heteroatoms. The second kappa shape index (κ2) is 4.23. The van der Waals surface area contributed by atoms with E-state index < -0.39 is 5.97 Å². The average molecular weight is 291 g/mol. The van der Waals surface area contributed by atoms with Crippen molar-refractivity contribution in [3.05, 3.63) is 20.8 Å². The van der Waals surface area contributed by atoms with Crippen molar-refractivity contribution in [1.82, 2.24) is 0 Å². The van der Waals surface area contributed by atoms with E-state index in [1.165, 1.54) is 4.88 Å². The molecule has 0 amide bonds. The summed E-state index contributed by atoms with van der Waals surface area (Å²) in [6, 6.07) is 4.06. The second-order valence-corrected chi connectivity index (χ2v) is 6.23. The maximum Gasteiger partial charge on any atom is 0.303 e. The van der Waals surface area contributed by atoms with E-state index in [2.05, 4.69) is 22.0 Å². The molecule has 0 unspecified atom stereocenters. The van der Waals surface area contributed by atoms with Crippen molar-refractivity contribution in [3.8, 4) is 0 Å². The first kappa shape index (κ1) is 11.1. The van der Waals surface area contributed by atoms with E-state index in [1.54, 1.807) is 11.3 Å². The quantitative estimate of drug-likeness (QED) is 0.927. The van der Waals surface area contributed by atoms with Gasteiger partial charge in [0, 0.05) is 11.3 Å². The summed E-state index contributed by atoms with van der Waals surface area (Å²) < 4.78 is 6.32. The van der Waals surface area contributed by atoms with Crippen molar-refractivity contribution in [1.29, 1.82) is 0 Å². The Morgan fingerprint density at radius 2 is 2.33 bits per heavy atom. The van der Waals surface area contributed by atoms with Gasteiger partial charge in [0.25, 0.3) is 0 Å². The molecule has 3 nitrogen and oxygen atoms in total. The lowest BCUT2D eigenvalue weighted by atomic mass is 9.80. The molecule has 2 rings (SSSR count). The second-order valence-electron chi connectivity index (χ2n) is 3.77. The van der Waals surface area contributed by atoms with Crippen LogP contribution in [0.4, 0.5) is 0 Å². The summed E-state index contributed by atoms with van der Waals surface area (Å²) in [6.07, 6.45) is 0.869. The minimum Gasteiger partial charge on any atom is -0.481 e. The number of carbonyl (C=O) groups is 1. The molecule has 1 aliphatic rings. The Labute approximate surface area is 100 Å². The van der Waals surface area contributed by atoms with Crippen molar-refractivity contribution in [2.75, 3.05) is 13.2 Å². The summed E-state index contributed by atoms with van der Waals surface area (Å²) in [4.78, 5) is 11.8. The third-order valence-corrected chi connectivity index (χ3v) is 4.54. The minimum absolute atomic E-state index is 0.0466. The van der Waals surface area contributed by atoms with Gasteiger partial charge in [0.1, 0.15) is 0 Å². The number of thiophene rings is 1. The summed E-state index contributed by atoms with van der Waals surface area (Å²) in [5.41, 5.74) is -0.0466. The van der Waals surface area contributed by atoms with E-state index in [-0.39, 0.29) is 11.8 Å². The van der Waals surface area contributed by atoms with Gasteiger partial charge in [0.05, 0.1) is 22.4 Å². The molecular weight excluding hydrogens is 280 g/mol. The third kappa shape index (κ3) is 2.24. The molecule has 0 spiro atoms. The summed E-state index contributed by atoms with van der Waals surface area (Å²) in [7, 11) is 0. The number of carboxylic acids is 1. The Morgan fingerprint density at radius 1 is 1.60 bits per heavy atom. The fraction of sp³-hybridized carbons (Fsp3) is 0.500. The average Bonchev–Trinajstić information content (AvgIpc) is 2.50. The lowest BCUT2D eigenvalue weighted by Gasteiger charge is -2.40. The lowest BCUT2D eigenvalue weighted by Crippen LogP contribution is -2.46. The lowest BCUT2D eigenvalue weighted by molar-refractivity contribution is -0.139. The van der Waals surface area contributed by atoms with E-state index in [1.807, 2.05) is 6.07 Å². The minimum atomic E-state index is -0.739. The molecule has 1 aromatic rings. The largest absolute Gasteiger partial charge is 0.481 e. The maximum atomic E-state index is 10.6. The molecule has 1 aliphatic heterocycles. The summed E-state index contributed by atoms with van der Waals surface area (Å²) in [5, 5.41) is 8.70. The molecular formula is C10H11BrO3S. The van der Waals surface area contributed by atoms with Crippen LogP contribution in [0.5, 0.6) is 0 Å². The topological polar surface area (TPSA) is 46.5 Å². The van der Waals surface area contributed by atoms with Gasteiger partial charge in [-0.1, -0.05) is 0 Å². The van der Waals surface area contributed by atoms with Crippen molar-refractivity contribution in [3.63, 3.8) is 0 Å². The number of rotatable bonds is 4. The van der Waals surface area contributed by atoms with E-state index >= 15 is 0 Å². The Hall–Kier alpha value is -0.390.